The normalized spacial score (nSPS) is 10.2. The molecular weight excluding hydrogens is 393 g/mol. The van der Waals surface area contributed by atoms with Crippen molar-refractivity contribution >= 4 is 24.0 Å². The summed E-state index contributed by atoms with van der Waals surface area (Å²) < 4.78 is 11.5. The summed E-state index contributed by atoms with van der Waals surface area (Å²) in [5, 5.41) is 4.19. The van der Waals surface area contributed by atoms with E-state index in [1.54, 1.807) is 7.11 Å². The number of nitrogens with one attached hydrogen (secondary N) is 1. The molecule has 0 fully saturated rings. The van der Waals surface area contributed by atoms with E-state index in [4.69, 9.17) is 21.1 Å². The van der Waals surface area contributed by atoms with Crippen molar-refractivity contribution < 1.29 is 9.47 Å². The predicted molar refractivity (Wildman–Crippen MR) is 118 cm³/mol. The zero-order chi connectivity index (χ0) is 19.1. The number of aryl methyl sites for hydroxylation is 1. The third kappa shape index (κ3) is 6.16. The molecular formula is C23H25Cl2NO2. The summed E-state index contributed by atoms with van der Waals surface area (Å²) in [6.45, 7) is 4.03. The SMILES string of the molecule is COc1cc(CNCc2ccccc2Cl)ccc1OCc1cccc(C)c1.Cl. The molecule has 5 heteroatoms. The van der Waals surface area contributed by atoms with Gasteiger partial charge in [0, 0.05) is 18.1 Å². The molecule has 0 aromatic heterocycles. The Kier molecular flexibility index (Phi) is 8.65. The molecule has 0 saturated heterocycles. The first kappa shape index (κ1) is 22.1. The van der Waals surface area contributed by atoms with Crippen molar-refractivity contribution in [1.29, 1.82) is 0 Å². The van der Waals surface area contributed by atoms with Crippen LogP contribution in [0.2, 0.25) is 5.02 Å². The molecule has 0 aliphatic rings. The van der Waals surface area contributed by atoms with Crippen molar-refractivity contribution in [3.63, 3.8) is 0 Å². The Hall–Kier alpha value is -2.20. The summed E-state index contributed by atoms with van der Waals surface area (Å²) in [6, 6.07) is 22.2. The van der Waals surface area contributed by atoms with E-state index in [0.717, 1.165) is 39.8 Å². The van der Waals surface area contributed by atoms with Gasteiger partial charge in [-0.2, -0.15) is 0 Å². The summed E-state index contributed by atoms with van der Waals surface area (Å²) in [5.74, 6) is 1.48. The van der Waals surface area contributed by atoms with Crippen molar-refractivity contribution in [1.82, 2.24) is 5.32 Å². The molecule has 0 atom stereocenters. The number of benzene rings is 3. The topological polar surface area (TPSA) is 30.5 Å². The Morgan fingerprint density at radius 3 is 2.43 bits per heavy atom. The fourth-order valence-corrected chi connectivity index (χ4v) is 3.09. The number of hydrogen-bond donors (Lipinski definition) is 1. The zero-order valence-electron chi connectivity index (χ0n) is 16.1. The van der Waals surface area contributed by atoms with Crippen molar-refractivity contribution in [2.24, 2.45) is 0 Å². The van der Waals surface area contributed by atoms with Crippen LogP contribution in [0.25, 0.3) is 0 Å². The molecule has 0 unspecified atom stereocenters. The maximum Gasteiger partial charge on any atom is 0.161 e. The van der Waals surface area contributed by atoms with Gasteiger partial charge in [-0.1, -0.05) is 65.7 Å². The van der Waals surface area contributed by atoms with Gasteiger partial charge in [0.25, 0.3) is 0 Å². The van der Waals surface area contributed by atoms with Crippen LogP contribution in [0.1, 0.15) is 22.3 Å². The van der Waals surface area contributed by atoms with Gasteiger partial charge in [0.1, 0.15) is 6.61 Å². The minimum absolute atomic E-state index is 0. The highest BCUT2D eigenvalue weighted by molar-refractivity contribution is 6.31. The van der Waals surface area contributed by atoms with Gasteiger partial charge in [-0.15, -0.1) is 12.4 Å². The molecule has 28 heavy (non-hydrogen) atoms. The first-order valence-electron chi connectivity index (χ1n) is 8.95. The molecule has 0 aliphatic carbocycles. The quantitative estimate of drug-likeness (QED) is 0.491. The second-order valence-corrected chi connectivity index (χ2v) is 6.87. The maximum atomic E-state index is 6.19. The molecule has 1 N–H and O–H groups in total. The number of ether oxygens (including phenoxy) is 2. The van der Waals surface area contributed by atoms with Gasteiger partial charge in [0.2, 0.25) is 0 Å². The third-order valence-corrected chi connectivity index (χ3v) is 4.68. The molecule has 3 aromatic rings. The van der Waals surface area contributed by atoms with Crippen LogP contribution in [-0.2, 0) is 19.7 Å². The van der Waals surface area contributed by atoms with Crippen LogP contribution in [0.15, 0.2) is 66.7 Å². The Bertz CT molecular complexity index is 899. The predicted octanol–water partition coefficient (Wildman–Crippen LogP) is 5.95. The summed E-state index contributed by atoms with van der Waals surface area (Å²) in [6.07, 6.45) is 0. The van der Waals surface area contributed by atoms with Crippen LogP contribution < -0.4 is 14.8 Å². The molecule has 0 aliphatic heterocycles. The average Bonchev–Trinajstić information content (AvgIpc) is 2.68. The molecule has 3 nitrogen and oxygen atoms in total. The van der Waals surface area contributed by atoms with Crippen LogP contribution >= 0.6 is 24.0 Å². The molecule has 0 heterocycles. The molecule has 0 amide bonds. The largest absolute Gasteiger partial charge is 0.493 e. The lowest BCUT2D eigenvalue weighted by molar-refractivity contribution is 0.284. The van der Waals surface area contributed by atoms with Crippen molar-refractivity contribution in [3.05, 3.63) is 94.0 Å². The van der Waals surface area contributed by atoms with E-state index in [2.05, 4.69) is 30.4 Å². The number of methoxy groups -OCH3 is 1. The van der Waals surface area contributed by atoms with Gasteiger partial charge >= 0.3 is 0 Å². The number of rotatable bonds is 8. The summed E-state index contributed by atoms with van der Waals surface area (Å²) in [4.78, 5) is 0. The van der Waals surface area contributed by atoms with Gasteiger partial charge in [-0.3, -0.25) is 0 Å². The van der Waals surface area contributed by atoms with Crippen LogP contribution in [-0.4, -0.2) is 7.11 Å². The van der Waals surface area contributed by atoms with Crippen molar-refractivity contribution in [2.45, 2.75) is 26.6 Å². The van der Waals surface area contributed by atoms with E-state index in [1.807, 2.05) is 48.5 Å². The standard InChI is InChI=1S/C23H24ClNO2.ClH/c1-17-6-5-7-19(12-17)16-27-22-11-10-18(13-23(22)26-2)14-25-15-20-8-3-4-9-21(20)24;/h3-13,25H,14-16H2,1-2H3;1H. The molecule has 3 aromatic carbocycles. The van der Waals surface area contributed by atoms with E-state index in [9.17, 15) is 0 Å². The highest BCUT2D eigenvalue weighted by Gasteiger charge is 2.07. The van der Waals surface area contributed by atoms with Gasteiger partial charge in [-0.05, 0) is 41.8 Å². The Morgan fingerprint density at radius 1 is 0.857 bits per heavy atom. The van der Waals surface area contributed by atoms with E-state index in [-0.39, 0.29) is 12.4 Å². The van der Waals surface area contributed by atoms with E-state index >= 15 is 0 Å². The van der Waals surface area contributed by atoms with Crippen molar-refractivity contribution in [3.8, 4) is 11.5 Å². The fraction of sp³-hybridized carbons (Fsp3) is 0.217. The second kappa shape index (κ2) is 11.0. The van der Waals surface area contributed by atoms with E-state index in [1.165, 1.54) is 5.56 Å². The molecule has 0 spiro atoms. The summed E-state index contributed by atoms with van der Waals surface area (Å²) in [7, 11) is 1.66. The second-order valence-electron chi connectivity index (χ2n) is 6.46. The first-order chi connectivity index (χ1) is 13.2. The lowest BCUT2D eigenvalue weighted by Gasteiger charge is -2.13. The molecule has 0 radical (unpaired) electrons. The molecule has 148 valence electrons. The number of hydrogen-bond acceptors (Lipinski definition) is 3. The zero-order valence-corrected chi connectivity index (χ0v) is 17.6. The van der Waals surface area contributed by atoms with Gasteiger partial charge in [-0.25, -0.2) is 0 Å². The van der Waals surface area contributed by atoms with Crippen LogP contribution in [0.4, 0.5) is 0 Å². The van der Waals surface area contributed by atoms with Gasteiger partial charge < -0.3 is 14.8 Å². The molecule has 0 bridgehead atoms. The summed E-state index contributed by atoms with van der Waals surface area (Å²) >= 11 is 6.19. The van der Waals surface area contributed by atoms with Crippen LogP contribution in [0.5, 0.6) is 11.5 Å². The molecule has 3 rings (SSSR count). The third-order valence-electron chi connectivity index (χ3n) is 4.31. The van der Waals surface area contributed by atoms with Gasteiger partial charge in [0.15, 0.2) is 11.5 Å². The number of halogens is 2. The maximum absolute atomic E-state index is 6.19. The van der Waals surface area contributed by atoms with E-state index in [0.29, 0.717) is 13.2 Å². The highest BCUT2D eigenvalue weighted by Crippen LogP contribution is 2.29. The van der Waals surface area contributed by atoms with Crippen molar-refractivity contribution in [2.75, 3.05) is 7.11 Å². The van der Waals surface area contributed by atoms with Crippen LogP contribution in [0, 0.1) is 6.92 Å². The first-order valence-corrected chi connectivity index (χ1v) is 9.33. The Labute approximate surface area is 178 Å². The van der Waals surface area contributed by atoms with Crippen LogP contribution in [0.3, 0.4) is 0 Å². The van der Waals surface area contributed by atoms with Gasteiger partial charge in [0.05, 0.1) is 7.11 Å². The Morgan fingerprint density at radius 2 is 1.68 bits per heavy atom. The fourth-order valence-electron chi connectivity index (χ4n) is 2.89. The highest BCUT2D eigenvalue weighted by atomic mass is 35.5. The minimum Gasteiger partial charge on any atom is -0.493 e. The Balaban J connectivity index is 0.00000280. The summed E-state index contributed by atoms with van der Waals surface area (Å²) in [5.41, 5.74) is 4.58. The van der Waals surface area contributed by atoms with E-state index < -0.39 is 0 Å². The monoisotopic (exact) mass is 417 g/mol. The lowest BCUT2D eigenvalue weighted by Crippen LogP contribution is -2.13. The minimum atomic E-state index is 0. The molecule has 0 saturated carbocycles. The lowest BCUT2D eigenvalue weighted by atomic mass is 10.1. The smallest absolute Gasteiger partial charge is 0.161 e. The average molecular weight is 418 g/mol.